The molecule has 0 unspecified atom stereocenters. The number of pyridine rings is 1. The highest BCUT2D eigenvalue weighted by Crippen LogP contribution is 2.30. The third kappa shape index (κ3) is 2.69. The lowest BCUT2D eigenvalue weighted by Crippen LogP contribution is -2.01. The van der Waals surface area contributed by atoms with Gasteiger partial charge in [-0.25, -0.2) is 4.98 Å². The van der Waals surface area contributed by atoms with Gasteiger partial charge in [0.1, 0.15) is 11.2 Å². The standard InChI is InChI=1S/C17H13N5OS/c1-2-11-22-15(13-8-5-6-10-18-13)20-21-16(22)24-17-19-12-7-3-4-9-14(12)23-17/h2-10H,1,11H2. The molecule has 0 saturated heterocycles. The topological polar surface area (TPSA) is 69.6 Å². The van der Waals surface area contributed by atoms with E-state index in [1.165, 1.54) is 11.8 Å². The van der Waals surface area contributed by atoms with Gasteiger partial charge in [0.2, 0.25) is 5.16 Å². The Hall–Kier alpha value is -2.93. The van der Waals surface area contributed by atoms with E-state index in [9.17, 15) is 0 Å². The summed E-state index contributed by atoms with van der Waals surface area (Å²) in [7, 11) is 0. The highest BCUT2D eigenvalue weighted by molar-refractivity contribution is 7.99. The minimum atomic E-state index is 0.529. The first-order valence-corrected chi connectivity index (χ1v) is 8.16. The molecule has 7 heteroatoms. The van der Waals surface area contributed by atoms with Gasteiger partial charge in [-0.05, 0) is 24.3 Å². The third-order valence-corrected chi connectivity index (χ3v) is 4.21. The van der Waals surface area contributed by atoms with E-state index in [4.69, 9.17) is 4.42 Å². The van der Waals surface area contributed by atoms with Crippen LogP contribution in [-0.4, -0.2) is 24.7 Å². The van der Waals surface area contributed by atoms with Gasteiger partial charge in [-0.3, -0.25) is 9.55 Å². The Morgan fingerprint density at radius 1 is 1.12 bits per heavy atom. The van der Waals surface area contributed by atoms with Crippen molar-refractivity contribution in [3.63, 3.8) is 0 Å². The number of para-hydroxylation sites is 2. The van der Waals surface area contributed by atoms with Crippen molar-refractivity contribution in [2.24, 2.45) is 0 Å². The van der Waals surface area contributed by atoms with E-state index in [0.29, 0.717) is 22.7 Å². The zero-order valence-corrected chi connectivity index (χ0v) is 13.5. The lowest BCUT2D eigenvalue weighted by atomic mass is 10.3. The van der Waals surface area contributed by atoms with Crippen LogP contribution in [0.15, 0.2) is 76.1 Å². The smallest absolute Gasteiger partial charge is 0.264 e. The Labute approximate surface area is 142 Å². The van der Waals surface area contributed by atoms with Gasteiger partial charge in [0.25, 0.3) is 5.22 Å². The Balaban J connectivity index is 1.72. The molecule has 118 valence electrons. The minimum absolute atomic E-state index is 0.529. The van der Waals surface area contributed by atoms with Crippen molar-refractivity contribution in [1.29, 1.82) is 0 Å². The zero-order chi connectivity index (χ0) is 16.4. The quantitative estimate of drug-likeness (QED) is 0.516. The van der Waals surface area contributed by atoms with Crippen LogP contribution in [0.5, 0.6) is 0 Å². The summed E-state index contributed by atoms with van der Waals surface area (Å²) < 4.78 is 7.69. The molecule has 3 heterocycles. The molecule has 3 aromatic heterocycles. The van der Waals surface area contributed by atoms with Crippen molar-refractivity contribution in [2.45, 2.75) is 16.9 Å². The molecule has 0 aliphatic carbocycles. The molecule has 0 aliphatic rings. The fraction of sp³-hybridized carbons (Fsp3) is 0.0588. The van der Waals surface area contributed by atoms with Crippen LogP contribution >= 0.6 is 11.8 Å². The Morgan fingerprint density at radius 2 is 2.00 bits per heavy atom. The normalized spacial score (nSPS) is 11.0. The monoisotopic (exact) mass is 335 g/mol. The second-order valence-corrected chi connectivity index (χ2v) is 5.89. The highest BCUT2D eigenvalue weighted by atomic mass is 32.2. The van der Waals surface area contributed by atoms with Crippen LogP contribution in [0.25, 0.3) is 22.6 Å². The van der Waals surface area contributed by atoms with Gasteiger partial charge in [0.15, 0.2) is 11.4 Å². The van der Waals surface area contributed by atoms with E-state index in [2.05, 4.69) is 26.7 Å². The van der Waals surface area contributed by atoms with E-state index in [1.54, 1.807) is 12.3 Å². The first kappa shape index (κ1) is 14.6. The summed E-state index contributed by atoms with van der Waals surface area (Å²) in [4.78, 5) is 8.81. The molecule has 4 aromatic rings. The molecule has 0 bridgehead atoms. The first-order chi connectivity index (χ1) is 11.8. The molecular weight excluding hydrogens is 322 g/mol. The fourth-order valence-electron chi connectivity index (χ4n) is 2.32. The molecule has 0 saturated carbocycles. The molecule has 0 radical (unpaired) electrons. The molecule has 0 N–H and O–H groups in total. The lowest BCUT2D eigenvalue weighted by molar-refractivity contribution is 0.488. The van der Waals surface area contributed by atoms with Crippen molar-refractivity contribution in [2.75, 3.05) is 0 Å². The summed E-state index contributed by atoms with van der Waals surface area (Å²) in [6, 6.07) is 13.3. The number of allylic oxidation sites excluding steroid dienone is 1. The van der Waals surface area contributed by atoms with Gasteiger partial charge < -0.3 is 4.42 Å². The molecule has 0 fully saturated rings. The van der Waals surface area contributed by atoms with Crippen LogP contribution < -0.4 is 0 Å². The molecule has 1 aromatic carbocycles. The predicted molar refractivity (Wildman–Crippen MR) is 91.6 cm³/mol. The van der Waals surface area contributed by atoms with Crippen LogP contribution in [0.2, 0.25) is 0 Å². The van der Waals surface area contributed by atoms with Crippen LogP contribution in [-0.2, 0) is 6.54 Å². The molecule has 0 amide bonds. The van der Waals surface area contributed by atoms with Crippen molar-refractivity contribution in [3.05, 3.63) is 61.3 Å². The number of nitrogens with zero attached hydrogens (tertiary/aromatic N) is 5. The van der Waals surface area contributed by atoms with E-state index in [0.717, 1.165) is 16.8 Å². The average molecular weight is 335 g/mol. The van der Waals surface area contributed by atoms with Crippen molar-refractivity contribution >= 4 is 22.9 Å². The fourth-order valence-corrected chi connectivity index (χ4v) is 3.10. The van der Waals surface area contributed by atoms with Gasteiger partial charge in [0, 0.05) is 24.5 Å². The summed E-state index contributed by atoms with van der Waals surface area (Å²) in [6.07, 6.45) is 3.53. The summed E-state index contributed by atoms with van der Waals surface area (Å²) in [5.41, 5.74) is 2.33. The van der Waals surface area contributed by atoms with Crippen molar-refractivity contribution in [1.82, 2.24) is 24.7 Å². The van der Waals surface area contributed by atoms with Crippen molar-refractivity contribution < 1.29 is 4.42 Å². The molecule has 4 rings (SSSR count). The lowest BCUT2D eigenvalue weighted by Gasteiger charge is -2.05. The van der Waals surface area contributed by atoms with Crippen LogP contribution in [0, 0.1) is 0 Å². The Kier molecular flexibility index (Phi) is 3.84. The van der Waals surface area contributed by atoms with Crippen LogP contribution in [0.1, 0.15) is 0 Å². The van der Waals surface area contributed by atoms with Crippen LogP contribution in [0.4, 0.5) is 0 Å². The van der Waals surface area contributed by atoms with Gasteiger partial charge >= 0.3 is 0 Å². The number of fused-ring (bicyclic) bond motifs is 1. The van der Waals surface area contributed by atoms with Gasteiger partial charge in [-0.2, -0.15) is 0 Å². The largest absolute Gasteiger partial charge is 0.431 e. The maximum Gasteiger partial charge on any atom is 0.264 e. The highest BCUT2D eigenvalue weighted by Gasteiger charge is 2.17. The maximum atomic E-state index is 5.75. The summed E-state index contributed by atoms with van der Waals surface area (Å²) in [6.45, 7) is 4.38. The van der Waals surface area contributed by atoms with E-state index in [1.807, 2.05) is 47.0 Å². The van der Waals surface area contributed by atoms with E-state index in [-0.39, 0.29) is 0 Å². The minimum Gasteiger partial charge on any atom is -0.431 e. The molecule has 0 atom stereocenters. The maximum absolute atomic E-state index is 5.75. The number of benzene rings is 1. The number of hydrogen-bond donors (Lipinski definition) is 0. The second kappa shape index (κ2) is 6.29. The SMILES string of the molecule is C=CCn1c(Sc2nc3ccccc3o2)nnc1-c1ccccn1. The number of rotatable bonds is 5. The van der Waals surface area contributed by atoms with E-state index >= 15 is 0 Å². The summed E-state index contributed by atoms with van der Waals surface area (Å²) in [5, 5.41) is 9.74. The molecule has 6 nitrogen and oxygen atoms in total. The Morgan fingerprint density at radius 3 is 2.79 bits per heavy atom. The molecular formula is C17H13N5OS. The summed E-state index contributed by atoms with van der Waals surface area (Å²) >= 11 is 1.33. The third-order valence-electron chi connectivity index (χ3n) is 3.38. The predicted octanol–water partition coefficient (Wildman–Crippen LogP) is 3.82. The molecule has 24 heavy (non-hydrogen) atoms. The van der Waals surface area contributed by atoms with Gasteiger partial charge in [0.05, 0.1) is 0 Å². The average Bonchev–Trinajstić information content (AvgIpc) is 3.20. The van der Waals surface area contributed by atoms with Gasteiger partial charge in [-0.1, -0.05) is 24.3 Å². The Bertz CT molecular complexity index is 960. The second-order valence-electron chi connectivity index (χ2n) is 4.97. The molecule has 0 spiro atoms. The van der Waals surface area contributed by atoms with Gasteiger partial charge in [-0.15, -0.1) is 16.8 Å². The molecule has 0 aliphatic heterocycles. The first-order valence-electron chi connectivity index (χ1n) is 7.34. The number of oxazole rings is 1. The van der Waals surface area contributed by atoms with E-state index < -0.39 is 0 Å². The summed E-state index contributed by atoms with van der Waals surface area (Å²) in [5.74, 6) is 0.689. The number of aromatic nitrogens is 5. The number of hydrogen-bond acceptors (Lipinski definition) is 6. The van der Waals surface area contributed by atoms with Crippen molar-refractivity contribution in [3.8, 4) is 11.5 Å². The zero-order valence-electron chi connectivity index (χ0n) is 12.7. The van der Waals surface area contributed by atoms with Crippen LogP contribution in [0.3, 0.4) is 0 Å².